The number of anilines is 2. The SMILES string of the molecule is CC.CN(c1ccc(C(C)(C)c2ccccc2)cc1)c1ccc(C(C)(C)c2ccccc2)cc1. The van der Waals surface area contributed by atoms with Gasteiger partial charge in [-0.25, -0.2) is 0 Å². The molecule has 176 valence electrons. The molecule has 0 bridgehead atoms. The molecule has 0 aliphatic carbocycles. The molecule has 0 aromatic heterocycles. The van der Waals surface area contributed by atoms with Crippen LogP contribution in [0.1, 0.15) is 63.8 Å². The summed E-state index contributed by atoms with van der Waals surface area (Å²) in [7, 11) is 2.13. The van der Waals surface area contributed by atoms with E-state index in [9.17, 15) is 0 Å². The maximum Gasteiger partial charge on any atom is 0.0408 e. The summed E-state index contributed by atoms with van der Waals surface area (Å²) in [6.07, 6.45) is 0. The van der Waals surface area contributed by atoms with E-state index < -0.39 is 0 Å². The van der Waals surface area contributed by atoms with Crippen LogP contribution in [0.2, 0.25) is 0 Å². The Morgan fingerprint density at radius 3 is 0.971 bits per heavy atom. The van der Waals surface area contributed by atoms with Gasteiger partial charge in [0.15, 0.2) is 0 Å². The van der Waals surface area contributed by atoms with E-state index in [1.54, 1.807) is 0 Å². The maximum atomic E-state index is 2.29. The van der Waals surface area contributed by atoms with Gasteiger partial charge in [0.2, 0.25) is 0 Å². The average Bonchev–Trinajstić information content (AvgIpc) is 2.90. The summed E-state index contributed by atoms with van der Waals surface area (Å²) in [6, 6.07) is 39.3. The van der Waals surface area contributed by atoms with Crippen molar-refractivity contribution >= 4 is 11.4 Å². The minimum absolute atomic E-state index is 0.0248. The summed E-state index contributed by atoms with van der Waals surface area (Å²) < 4.78 is 0. The second-order valence-corrected chi connectivity index (χ2v) is 9.63. The summed E-state index contributed by atoms with van der Waals surface area (Å²) in [5, 5.41) is 0. The summed E-state index contributed by atoms with van der Waals surface area (Å²) in [6.45, 7) is 13.1. The molecule has 0 fully saturated rings. The Bertz CT molecular complexity index is 1040. The molecule has 4 rings (SSSR count). The summed E-state index contributed by atoms with van der Waals surface area (Å²) in [5.41, 5.74) is 7.63. The summed E-state index contributed by atoms with van der Waals surface area (Å²) in [5.74, 6) is 0. The van der Waals surface area contributed by atoms with E-state index in [0.717, 1.165) is 0 Å². The molecule has 1 heteroatoms. The Labute approximate surface area is 207 Å². The summed E-state index contributed by atoms with van der Waals surface area (Å²) >= 11 is 0. The topological polar surface area (TPSA) is 3.24 Å². The molecule has 0 aliphatic heterocycles. The van der Waals surface area contributed by atoms with Gasteiger partial charge in [0.1, 0.15) is 0 Å². The molecule has 0 saturated carbocycles. The predicted molar refractivity (Wildman–Crippen MR) is 149 cm³/mol. The second-order valence-electron chi connectivity index (χ2n) is 9.63. The molecular weight excluding hydrogens is 410 g/mol. The molecule has 4 aromatic rings. The number of rotatable bonds is 6. The molecular formula is C33H39N. The third-order valence-corrected chi connectivity index (χ3v) is 6.94. The van der Waals surface area contributed by atoms with Crippen LogP contribution in [-0.2, 0) is 10.8 Å². The highest BCUT2D eigenvalue weighted by molar-refractivity contribution is 5.64. The summed E-state index contributed by atoms with van der Waals surface area (Å²) in [4.78, 5) is 2.25. The van der Waals surface area contributed by atoms with Crippen LogP contribution in [0.4, 0.5) is 11.4 Å². The lowest BCUT2D eigenvalue weighted by molar-refractivity contribution is 0.641. The van der Waals surface area contributed by atoms with Gasteiger partial charge < -0.3 is 4.90 Å². The van der Waals surface area contributed by atoms with Gasteiger partial charge in [-0.1, -0.05) is 126 Å². The van der Waals surface area contributed by atoms with E-state index >= 15 is 0 Å². The quantitative estimate of drug-likeness (QED) is 0.284. The third kappa shape index (κ3) is 5.25. The standard InChI is InChI=1S/C31H33N.C2H6/c1-30(2,24-12-8-6-9-13-24)26-16-20-28(21-17-26)32(5)29-22-18-27(19-23-29)31(3,4)25-14-10-7-11-15-25;1-2/h6-23H,1-5H3;1-2H3. The van der Waals surface area contributed by atoms with Crippen molar-refractivity contribution in [1.82, 2.24) is 0 Å². The molecule has 0 aliphatic rings. The second kappa shape index (κ2) is 10.7. The zero-order valence-corrected chi connectivity index (χ0v) is 21.8. The van der Waals surface area contributed by atoms with Crippen molar-refractivity contribution in [3.8, 4) is 0 Å². The fourth-order valence-corrected chi connectivity index (χ4v) is 4.40. The zero-order valence-electron chi connectivity index (χ0n) is 21.8. The Hall–Kier alpha value is -3.32. The van der Waals surface area contributed by atoms with Crippen LogP contribution < -0.4 is 4.90 Å². The molecule has 0 heterocycles. The van der Waals surface area contributed by atoms with E-state index in [-0.39, 0.29) is 10.8 Å². The van der Waals surface area contributed by atoms with Gasteiger partial charge >= 0.3 is 0 Å². The molecule has 0 amide bonds. The highest BCUT2D eigenvalue weighted by Gasteiger charge is 2.24. The molecule has 0 atom stereocenters. The van der Waals surface area contributed by atoms with Crippen molar-refractivity contribution in [1.29, 1.82) is 0 Å². The Kier molecular flexibility index (Phi) is 7.99. The highest BCUT2D eigenvalue weighted by atomic mass is 15.1. The lowest BCUT2D eigenvalue weighted by Crippen LogP contribution is -2.19. The number of hydrogen-bond acceptors (Lipinski definition) is 1. The van der Waals surface area contributed by atoms with Crippen LogP contribution in [-0.4, -0.2) is 7.05 Å². The Morgan fingerprint density at radius 1 is 0.412 bits per heavy atom. The lowest BCUT2D eigenvalue weighted by Gasteiger charge is -2.28. The van der Waals surface area contributed by atoms with Crippen molar-refractivity contribution in [3.05, 3.63) is 131 Å². The number of benzene rings is 4. The van der Waals surface area contributed by atoms with Crippen molar-refractivity contribution < 1.29 is 0 Å². The molecule has 0 spiro atoms. The van der Waals surface area contributed by atoms with Crippen molar-refractivity contribution in [3.63, 3.8) is 0 Å². The Morgan fingerprint density at radius 2 is 0.676 bits per heavy atom. The van der Waals surface area contributed by atoms with E-state index in [4.69, 9.17) is 0 Å². The minimum atomic E-state index is -0.0248. The van der Waals surface area contributed by atoms with Gasteiger partial charge in [-0.05, 0) is 46.5 Å². The minimum Gasteiger partial charge on any atom is -0.345 e. The maximum absolute atomic E-state index is 2.29. The van der Waals surface area contributed by atoms with Gasteiger partial charge in [0, 0.05) is 29.3 Å². The van der Waals surface area contributed by atoms with Crippen molar-refractivity contribution in [2.45, 2.75) is 52.4 Å². The number of hydrogen-bond donors (Lipinski definition) is 0. The largest absolute Gasteiger partial charge is 0.345 e. The first kappa shape index (κ1) is 25.3. The number of nitrogens with zero attached hydrogens (tertiary/aromatic N) is 1. The first-order valence-corrected chi connectivity index (χ1v) is 12.4. The smallest absolute Gasteiger partial charge is 0.0408 e. The van der Waals surface area contributed by atoms with Gasteiger partial charge in [-0.15, -0.1) is 0 Å². The molecule has 0 radical (unpaired) electrons. The van der Waals surface area contributed by atoms with E-state index in [2.05, 4.69) is 149 Å². The van der Waals surface area contributed by atoms with Crippen LogP contribution in [0.5, 0.6) is 0 Å². The van der Waals surface area contributed by atoms with Crippen LogP contribution in [0.25, 0.3) is 0 Å². The van der Waals surface area contributed by atoms with Crippen LogP contribution in [0.3, 0.4) is 0 Å². The van der Waals surface area contributed by atoms with Crippen molar-refractivity contribution in [2.75, 3.05) is 11.9 Å². The fourth-order valence-electron chi connectivity index (χ4n) is 4.40. The van der Waals surface area contributed by atoms with Crippen molar-refractivity contribution in [2.24, 2.45) is 0 Å². The molecule has 0 unspecified atom stereocenters. The molecule has 1 nitrogen and oxygen atoms in total. The average molecular weight is 450 g/mol. The molecule has 4 aromatic carbocycles. The van der Waals surface area contributed by atoms with E-state index in [0.29, 0.717) is 0 Å². The van der Waals surface area contributed by atoms with Gasteiger partial charge in [0.05, 0.1) is 0 Å². The van der Waals surface area contributed by atoms with Crippen LogP contribution in [0, 0.1) is 0 Å². The monoisotopic (exact) mass is 449 g/mol. The van der Waals surface area contributed by atoms with E-state index in [1.807, 2.05) is 13.8 Å². The fraction of sp³-hybridized carbons (Fsp3) is 0.273. The Balaban J connectivity index is 0.00000158. The van der Waals surface area contributed by atoms with Crippen LogP contribution >= 0.6 is 0 Å². The first-order chi connectivity index (χ1) is 16.3. The first-order valence-electron chi connectivity index (χ1n) is 12.4. The third-order valence-electron chi connectivity index (χ3n) is 6.94. The van der Waals surface area contributed by atoms with Gasteiger partial charge in [-0.2, -0.15) is 0 Å². The zero-order chi connectivity index (χ0) is 24.8. The normalized spacial score (nSPS) is 11.4. The highest BCUT2D eigenvalue weighted by Crippen LogP contribution is 2.35. The van der Waals surface area contributed by atoms with Gasteiger partial charge in [0.25, 0.3) is 0 Å². The predicted octanol–water partition coefficient (Wildman–Crippen LogP) is 9.13. The van der Waals surface area contributed by atoms with Crippen LogP contribution in [0.15, 0.2) is 109 Å². The molecule has 0 saturated heterocycles. The van der Waals surface area contributed by atoms with Gasteiger partial charge in [-0.3, -0.25) is 0 Å². The lowest BCUT2D eigenvalue weighted by atomic mass is 9.78. The molecule has 0 N–H and O–H groups in total. The molecule has 34 heavy (non-hydrogen) atoms. The van der Waals surface area contributed by atoms with E-state index in [1.165, 1.54) is 33.6 Å².